The molecule has 1 amide bonds. The maximum Gasteiger partial charge on any atom is 0.224 e. The molecule has 2 unspecified atom stereocenters. The normalized spacial score (nSPS) is 27.7. The number of aliphatic hydroxyl groups is 1. The molecule has 1 heterocycles. The highest BCUT2D eigenvalue weighted by Crippen LogP contribution is 2.41. The number of likely N-dealkylation sites (tertiary alicyclic amines) is 1. The van der Waals surface area contributed by atoms with Crippen LogP contribution in [-0.2, 0) is 4.79 Å². The standard InChI is InChI=1S/C18H25FN2O2/c19-15-5-2-6-16(9-15)20-18(23)10-17-13-3-1-4-14(17)12-21(11-13)7-8-22/h2,5-6,9,13-14,17,22H,1,3-4,7-8,10-12H2,(H,20,23). The van der Waals surface area contributed by atoms with Gasteiger partial charge in [-0.05, 0) is 48.8 Å². The third-order valence-corrected chi connectivity index (χ3v) is 5.29. The van der Waals surface area contributed by atoms with Gasteiger partial charge in [0.15, 0.2) is 0 Å². The monoisotopic (exact) mass is 320 g/mol. The number of nitrogens with one attached hydrogen (secondary N) is 1. The lowest BCUT2D eigenvalue weighted by atomic mass is 9.67. The Morgan fingerprint density at radius 1 is 1.30 bits per heavy atom. The van der Waals surface area contributed by atoms with E-state index < -0.39 is 0 Å². The summed E-state index contributed by atoms with van der Waals surface area (Å²) in [6.45, 7) is 2.89. The molecule has 2 fully saturated rings. The maximum absolute atomic E-state index is 13.2. The van der Waals surface area contributed by atoms with Crippen LogP contribution in [0.25, 0.3) is 0 Å². The molecule has 126 valence electrons. The number of nitrogens with zero attached hydrogens (tertiary/aromatic N) is 1. The fraction of sp³-hybridized carbons (Fsp3) is 0.611. The lowest BCUT2D eigenvalue weighted by Gasteiger charge is -2.47. The number of carbonyl (C=O) groups is 1. The number of fused-ring (bicyclic) bond motifs is 2. The van der Waals surface area contributed by atoms with Crippen LogP contribution in [-0.4, -0.2) is 42.2 Å². The molecule has 2 atom stereocenters. The molecule has 2 N–H and O–H groups in total. The minimum absolute atomic E-state index is 0.0203. The third kappa shape index (κ3) is 4.09. The molecular weight excluding hydrogens is 295 g/mol. The number of carbonyl (C=O) groups excluding carboxylic acids is 1. The molecule has 5 heteroatoms. The predicted molar refractivity (Wildman–Crippen MR) is 87.5 cm³/mol. The highest BCUT2D eigenvalue weighted by atomic mass is 19.1. The zero-order valence-electron chi connectivity index (χ0n) is 13.4. The van der Waals surface area contributed by atoms with Gasteiger partial charge >= 0.3 is 0 Å². The van der Waals surface area contributed by atoms with E-state index >= 15 is 0 Å². The summed E-state index contributed by atoms with van der Waals surface area (Å²) in [6, 6.07) is 6.04. The number of anilines is 1. The molecule has 0 spiro atoms. The summed E-state index contributed by atoms with van der Waals surface area (Å²) in [5.74, 6) is 1.12. The van der Waals surface area contributed by atoms with Crippen molar-refractivity contribution in [1.29, 1.82) is 0 Å². The molecule has 0 radical (unpaired) electrons. The number of hydrogen-bond acceptors (Lipinski definition) is 3. The SMILES string of the molecule is O=C(CC1C2CCCC1CN(CCO)C2)Nc1cccc(F)c1. The van der Waals surface area contributed by atoms with Gasteiger partial charge in [-0.25, -0.2) is 4.39 Å². The maximum atomic E-state index is 13.2. The molecule has 2 bridgehead atoms. The van der Waals surface area contributed by atoms with Crippen molar-refractivity contribution in [3.05, 3.63) is 30.1 Å². The molecule has 1 aliphatic heterocycles. The summed E-state index contributed by atoms with van der Waals surface area (Å²) in [6.07, 6.45) is 4.08. The van der Waals surface area contributed by atoms with Crippen LogP contribution < -0.4 is 5.32 Å². The van der Waals surface area contributed by atoms with Crippen molar-refractivity contribution in [3.63, 3.8) is 0 Å². The summed E-state index contributed by atoms with van der Waals surface area (Å²) in [5.41, 5.74) is 0.526. The molecule has 3 rings (SSSR count). The van der Waals surface area contributed by atoms with Gasteiger partial charge in [-0.3, -0.25) is 4.79 Å². The van der Waals surface area contributed by atoms with Crippen LogP contribution in [0.5, 0.6) is 0 Å². The third-order valence-electron chi connectivity index (χ3n) is 5.29. The number of piperidine rings is 1. The average molecular weight is 320 g/mol. The van der Waals surface area contributed by atoms with Gasteiger partial charge in [-0.2, -0.15) is 0 Å². The van der Waals surface area contributed by atoms with Crippen molar-refractivity contribution >= 4 is 11.6 Å². The van der Waals surface area contributed by atoms with E-state index in [0.29, 0.717) is 29.9 Å². The van der Waals surface area contributed by atoms with Gasteiger partial charge in [0.1, 0.15) is 5.82 Å². The Hall–Kier alpha value is -1.46. The van der Waals surface area contributed by atoms with Crippen molar-refractivity contribution in [2.24, 2.45) is 17.8 Å². The zero-order valence-corrected chi connectivity index (χ0v) is 13.4. The average Bonchev–Trinajstić information content (AvgIpc) is 2.48. The van der Waals surface area contributed by atoms with E-state index in [1.54, 1.807) is 12.1 Å². The van der Waals surface area contributed by atoms with E-state index in [9.17, 15) is 9.18 Å². The molecule has 1 aromatic carbocycles. The molecule has 0 aromatic heterocycles. The van der Waals surface area contributed by atoms with E-state index in [-0.39, 0.29) is 18.3 Å². The van der Waals surface area contributed by atoms with Crippen LogP contribution in [0.3, 0.4) is 0 Å². The van der Waals surface area contributed by atoms with Gasteiger partial charge in [-0.15, -0.1) is 0 Å². The highest BCUT2D eigenvalue weighted by molar-refractivity contribution is 5.90. The van der Waals surface area contributed by atoms with Gasteiger partial charge in [0.05, 0.1) is 6.61 Å². The number of amides is 1. The number of halogens is 1. The summed E-state index contributed by atoms with van der Waals surface area (Å²) < 4.78 is 13.2. The van der Waals surface area contributed by atoms with Gasteiger partial charge in [0.2, 0.25) is 5.91 Å². The van der Waals surface area contributed by atoms with E-state index in [1.807, 2.05) is 0 Å². The van der Waals surface area contributed by atoms with Crippen LogP contribution in [0.2, 0.25) is 0 Å². The summed E-state index contributed by atoms with van der Waals surface area (Å²) in [7, 11) is 0. The number of benzene rings is 1. The van der Waals surface area contributed by atoms with Gasteiger partial charge in [0.25, 0.3) is 0 Å². The largest absolute Gasteiger partial charge is 0.395 e. The van der Waals surface area contributed by atoms with Crippen molar-refractivity contribution in [2.75, 3.05) is 31.6 Å². The topological polar surface area (TPSA) is 52.6 Å². The minimum atomic E-state index is -0.336. The lowest BCUT2D eigenvalue weighted by Crippen LogP contribution is -2.50. The zero-order chi connectivity index (χ0) is 16.2. The molecule has 23 heavy (non-hydrogen) atoms. The highest BCUT2D eigenvalue weighted by Gasteiger charge is 2.39. The van der Waals surface area contributed by atoms with E-state index in [2.05, 4.69) is 10.2 Å². The summed E-state index contributed by atoms with van der Waals surface area (Å²) >= 11 is 0. The predicted octanol–water partition coefficient (Wildman–Crippen LogP) is 2.49. The molecule has 1 aliphatic carbocycles. The first kappa shape index (κ1) is 16.4. The molecular formula is C18H25FN2O2. The van der Waals surface area contributed by atoms with Crippen LogP contribution in [0.1, 0.15) is 25.7 Å². The number of aliphatic hydroxyl groups excluding tert-OH is 1. The minimum Gasteiger partial charge on any atom is -0.395 e. The second-order valence-electron chi connectivity index (χ2n) is 6.86. The van der Waals surface area contributed by atoms with Crippen LogP contribution in [0, 0.1) is 23.6 Å². The van der Waals surface area contributed by atoms with Crippen molar-refractivity contribution in [3.8, 4) is 0 Å². The fourth-order valence-electron chi connectivity index (χ4n) is 4.30. The van der Waals surface area contributed by atoms with Gasteiger partial charge in [0, 0.05) is 31.7 Å². The van der Waals surface area contributed by atoms with Gasteiger partial charge in [-0.1, -0.05) is 12.5 Å². The van der Waals surface area contributed by atoms with Crippen molar-refractivity contribution in [1.82, 2.24) is 4.90 Å². The molecule has 4 nitrogen and oxygen atoms in total. The lowest BCUT2D eigenvalue weighted by molar-refractivity contribution is -0.119. The van der Waals surface area contributed by atoms with E-state index in [4.69, 9.17) is 5.11 Å². The van der Waals surface area contributed by atoms with E-state index in [0.717, 1.165) is 32.5 Å². The molecule has 1 saturated heterocycles. The smallest absolute Gasteiger partial charge is 0.224 e. The first-order chi connectivity index (χ1) is 11.2. The summed E-state index contributed by atoms with van der Waals surface area (Å²) in [4.78, 5) is 14.7. The van der Waals surface area contributed by atoms with Crippen LogP contribution in [0.4, 0.5) is 10.1 Å². The molecule has 1 saturated carbocycles. The van der Waals surface area contributed by atoms with Gasteiger partial charge < -0.3 is 15.3 Å². The number of hydrogen-bond donors (Lipinski definition) is 2. The fourth-order valence-corrected chi connectivity index (χ4v) is 4.30. The first-order valence-electron chi connectivity index (χ1n) is 8.54. The number of β-amino-alcohol motifs (C(OH)–C–C–N with tert-alkyl or cyclic N) is 1. The van der Waals surface area contributed by atoms with E-state index in [1.165, 1.54) is 18.6 Å². The van der Waals surface area contributed by atoms with Crippen molar-refractivity contribution < 1.29 is 14.3 Å². The second kappa shape index (κ2) is 7.41. The van der Waals surface area contributed by atoms with Crippen LogP contribution >= 0.6 is 0 Å². The Bertz CT molecular complexity index is 538. The second-order valence-corrected chi connectivity index (χ2v) is 6.86. The Morgan fingerprint density at radius 2 is 2.04 bits per heavy atom. The Balaban J connectivity index is 1.59. The van der Waals surface area contributed by atoms with Crippen LogP contribution in [0.15, 0.2) is 24.3 Å². The Labute approximate surface area is 136 Å². The molecule has 2 aliphatic rings. The first-order valence-corrected chi connectivity index (χ1v) is 8.54. The number of rotatable bonds is 5. The molecule has 1 aromatic rings. The Morgan fingerprint density at radius 3 is 2.70 bits per heavy atom. The Kier molecular flexibility index (Phi) is 5.28. The summed E-state index contributed by atoms with van der Waals surface area (Å²) in [5, 5.41) is 12.0. The quantitative estimate of drug-likeness (QED) is 0.876. The van der Waals surface area contributed by atoms with Crippen molar-refractivity contribution in [2.45, 2.75) is 25.7 Å².